The third-order valence-corrected chi connectivity index (χ3v) is 7.35. The molecule has 0 radical (unpaired) electrons. The smallest absolute Gasteiger partial charge is 0.256 e. The lowest BCUT2D eigenvalue weighted by molar-refractivity contribution is -0.136. The SMILES string of the molecule is O=C(C[C@]1(COc2ccc(F)cc2)CCCN(C(=O)c2c(Cl)cccc2Cl)C1)N1CCCCC1. The highest BCUT2D eigenvalue weighted by Crippen LogP contribution is 2.37. The number of benzene rings is 2. The Morgan fingerprint density at radius 2 is 1.56 bits per heavy atom. The number of ether oxygens (including phenoxy) is 1. The lowest BCUT2D eigenvalue weighted by Gasteiger charge is -2.43. The Balaban J connectivity index is 1.56. The van der Waals surface area contributed by atoms with E-state index in [4.69, 9.17) is 27.9 Å². The zero-order valence-corrected chi connectivity index (χ0v) is 20.6. The van der Waals surface area contributed by atoms with Crippen LogP contribution in [-0.2, 0) is 4.79 Å². The van der Waals surface area contributed by atoms with E-state index < -0.39 is 5.41 Å². The van der Waals surface area contributed by atoms with Crippen LogP contribution in [-0.4, -0.2) is 54.4 Å². The first-order valence-corrected chi connectivity index (χ1v) is 12.5. The van der Waals surface area contributed by atoms with E-state index in [-0.39, 0.29) is 36.2 Å². The Labute approximate surface area is 209 Å². The van der Waals surface area contributed by atoms with Gasteiger partial charge in [-0.3, -0.25) is 9.59 Å². The van der Waals surface area contributed by atoms with Crippen molar-refractivity contribution in [3.8, 4) is 5.75 Å². The van der Waals surface area contributed by atoms with Crippen molar-refractivity contribution in [2.24, 2.45) is 5.41 Å². The van der Waals surface area contributed by atoms with Gasteiger partial charge in [0.25, 0.3) is 5.91 Å². The fourth-order valence-corrected chi connectivity index (χ4v) is 5.46. The van der Waals surface area contributed by atoms with Crippen LogP contribution in [0.3, 0.4) is 0 Å². The van der Waals surface area contributed by atoms with Gasteiger partial charge >= 0.3 is 0 Å². The standard InChI is InChI=1S/C26H29Cl2FN2O3/c27-21-6-4-7-22(28)24(21)25(33)31-15-5-12-26(17-31,16-23(32)30-13-2-1-3-14-30)18-34-20-10-8-19(29)9-11-20/h4,6-11H,1-3,5,12-18H2/t26-/m1/s1. The van der Waals surface area contributed by atoms with Crippen molar-refractivity contribution < 1.29 is 18.7 Å². The number of piperidine rings is 2. The fraction of sp³-hybridized carbons (Fsp3) is 0.462. The van der Waals surface area contributed by atoms with E-state index in [0.717, 1.165) is 45.2 Å². The van der Waals surface area contributed by atoms with Crippen molar-refractivity contribution in [3.05, 3.63) is 63.9 Å². The number of halogens is 3. The lowest BCUT2D eigenvalue weighted by atomic mass is 9.77. The van der Waals surface area contributed by atoms with Crippen LogP contribution in [0, 0.1) is 11.2 Å². The van der Waals surface area contributed by atoms with Crippen molar-refractivity contribution in [2.75, 3.05) is 32.8 Å². The molecule has 1 atom stereocenters. The highest BCUT2D eigenvalue weighted by molar-refractivity contribution is 6.39. The summed E-state index contributed by atoms with van der Waals surface area (Å²) >= 11 is 12.6. The zero-order chi connectivity index (χ0) is 24.1. The molecule has 2 aromatic carbocycles. The summed E-state index contributed by atoms with van der Waals surface area (Å²) in [7, 11) is 0. The number of likely N-dealkylation sites (tertiary alicyclic amines) is 2. The molecular formula is C26H29Cl2FN2O3. The van der Waals surface area contributed by atoms with E-state index >= 15 is 0 Å². The van der Waals surface area contributed by atoms with Crippen LogP contribution in [0.5, 0.6) is 5.75 Å². The van der Waals surface area contributed by atoms with Crippen molar-refractivity contribution in [1.82, 2.24) is 9.80 Å². The molecule has 2 heterocycles. The van der Waals surface area contributed by atoms with Crippen LogP contribution in [0.25, 0.3) is 0 Å². The number of rotatable bonds is 6. The molecule has 4 rings (SSSR count). The maximum Gasteiger partial charge on any atom is 0.256 e. The van der Waals surface area contributed by atoms with E-state index in [2.05, 4.69) is 0 Å². The van der Waals surface area contributed by atoms with E-state index in [0.29, 0.717) is 28.9 Å². The summed E-state index contributed by atoms with van der Waals surface area (Å²) in [6.45, 7) is 2.69. The molecule has 0 saturated carbocycles. The summed E-state index contributed by atoms with van der Waals surface area (Å²) < 4.78 is 19.4. The summed E-state index contributed by atoms with van der Waals surface area (Å²) in [6.07, 6.45) is 4.93. The molecule has 0 spiro atoms. The van der Waals surface area contributed by atoms with Crippen molar-refractivity contribution >= 4 is 35.0 Å². The molecule has 2 aliphatic rings. The molecule has 34 heavy (non-hydrogen) atoms. The van der Waals surface area contributed by atoms with Crippen molar-refractivity contribution in [3.63, 3.8) is 0 Å². The maximum atomic E-state index is 13.4. The molecule has 0 aromatic heterocycles. The first kappa shape index (κ1) is 24.8. The summed E-state index contributed by atoms with van der Waals surface area (Å²) in [6, 6.07) is 10.8. The third kappa shape index (κ3) is 5.84. The van der Waals surface area contributed by atoms with Crippen molar-refractivity contribution in [1.29, 1.82) is 0 Å². The number of carbonyl (C=O) groups is 2. The molecule has 2 fully saturated rings. The second-order valence-electron chi connectivity index (χ2n) is 9.29. The Hall–Kier alpha value is -2.31. The number of amides is 2. The molecule has 8 heteroatoms. The van der Waals surface area contributed by atoms with Gasteiger partial charge in [-0.05, 0) is 68.5 Å². The minimum absolute atomic E-state index is 0.0903. The number of hydrogen-bond acceptors (Lipinski definition) is 3. The van der Waals surface area contributed by atoms with Crippen LogP contribution in [0.15, 0.2) is 42.5 Å². The molecule has 2 aliphatic heterocycles. The predicted octanol–water partition coefficient (Wildman–Crippen LogP) is 5.84. The normalized spacial score (nSPS) is 20.8. The molecule has 5 nitrogen and oxygen atoms in total. The zero-order valence-electron chi connectivity index (χ0n) is 19.1. The molecule has 0 unspecified atom stereocenters. The second kappa shape index (κ2) is 11.0. The van der Waals surface area contributed by atoms with Crippen LogP contribution < -0.4 is 4.74 Å². The number of carbonyl (C=O) groups excluding carboxylic acids is 2. The van der Waals surface area contributed by atoms with Gasteiger partial charge in [0.15, 0.2) is 0 Å². The minimum Gasteiger partial charge on any atom is -0.493 e. The van der Waals surface area contributed by atoms with Crippen LogP contribution in [0.1, 0.15) is 48.9 Å². The van der Waals surface area contributed by atoms with Gasteiger partial charge in [0.2, 0.25) is 5.91 Å². The topological polar surface area (TPSA) is 49.9 Å². The quantitative estimate of drug-likeness (QED) is 0.494. The molecule has 2 saturated heterocycles. The second-order valence-corrected chi connectivity index (χ2v) is 10.1. The number of hydrogen-bond donors (Lipinski definition) is 0. The van der Waals surface area contributed by atoms with Crippen LogP contribution in [0.2, 0.25) is 10.0 Å². The molecule has 0 N–H and O–H groups in total. The molecule has 2 aromatic rings. The molecule has 182 valence electrons. The van der Waals surface area contributed by atoms with E-state index in [1.165, 1.54) is 12.1 Å². The van der Waals surface area contributed by atoms with E-state index in [9.17, 15) is 14.0 Å². The van der Waals surface area contributed by atoms with Gasteiger partial charge in [-0.25, -0.2) is 4.39 Å². The van der Waals surface area contributed by atoms with Gasteiger partial charge in [-0.1, -0.05) is 29.3 Å². The van der Waals surface area contributed by atoms with Crippen molar-refractivity contribution in [2.45, 2.75) is 38.5 Å². The lowest BCUT2D eigenvalue weighted by Crippen LogP contribution is -2.51. The Kier molecular flexibility index (Phi) is 7.99. The Bertz CT molecular complexity index is 1010. The van der Waals surface area contributed by atoms with Gasteiger partial charge < -0.3 is 14.5 Å². The minimum atomic E-state index is -0.565. The van der Waals surface area contributed by atoms with Gasteiger partial charge in [0, 0.05) is 38.0 Å². The maximum absolute atomic E-state index is 13.4. The van der Waals surface area contributed by atoms with Crippen LogP contribution in [0.4, 0.5) is 4.39 Å². The molecular weight excluding hydrogens is 478 g/mol. The highest BCUT2D eigenvalue weighted by Gasteiger charge is 2.41. The summed E-state index contributed by atoms with van der Waals surface area (Å²) in [5, 5.41) is 0.612. The third-order valence-electron chi connectivity index (χ3n) is 6.72. The molecule has 0 bridgehead atoms. The van der Waals surface area contributed by atoms with Gasteiger partial charge in [-0.2, -0.15) is 0 Å². The predicted molar refractivity (Wildman–Crippen MR) is 131 cm³/mol. The first-order valence-electron chi connectivity index (χ1n) is 11.8. The Morgan fingerprint density at radius 1 is 0.912 bits per heavy atom. The van der Waals surface area contributed by atoms with Gasteiger partial charge in [-0.15, -0.1) is 0 Å². The summed E-state index contributed by atoms with van der Waals surface area (Å²) in [5.41, 5.74) is -0.284. The first-order chi connectivity index (χ1) is 16.4. The summed E-state index contributed by atoms with van der Waals surface area (Å²) in [5.74, 6) is 0.0385. The Morgan fingerprint density at radius 3 is 2.24 bits per heavy atom. The highest BCUT2D eigenvalue weighted by atomic mass is 35.5. The average Bonchev–Trinajstić information content (AvgIpc) is 2.84. The molecule has 2 amide bonds. The molecule has 0 aliphatic carbocycles. The van der Waals surface area contributed by atoms with Gasteiger partial charge in [0.1, 0.15) is 11.6 Å². The van der Waals surface area contributed by atoms with Gasteiger partial charge in [0.05, 0.1) is 22.2 Å². The monoisotopic (exact) mass is 506 g/mol. The fourth-order valence-electron chi connectivity index (χ4n) is 4.90. The largest absolute Gasteiger partial charge is 0.493 e. The summed E-state index contributed by atoms with van der Waals surface area (Å²) in [4.78, 5) is 30.3. The van der Waals surface area contributed by atoms with Crippen LogP contribution >= 0.6 is 23.2 Å². The van der Waals surface area contributed by atoms with E-state index in [1.54, 1.807) is 35.2 Å². The number of nitrogens with zero attached hydrogens (tertiary/aromatic N) is 2. The average molecular weight is 507 g/mol. The van der Waals surface area contributed by atoms with E-state index in [1.807, 2.05) is 4.90 Å².